The summed E-state index contributed by atoms with van der Waals surface area (Å²) in [7, 11) is 0. The molecule has 0 spiro atoms. The Bertz CT molecular complexity index is 8.00. The molecular weight excluding hydrogens is 215 g/mol. The Morgan fingerprint density at radius 2 is 1.00 bits per heavy atom. The van der Waals surface area contributed by atoms with Gasteiger partial charge in [0.25, 0.3) is 0 Å². The molecule has 0 saturated carbocycles. The van der Waals surface area contributed by atoms with Crippen LogP contribution in [0.2, 0.25) is 0 Å². The van der Waals surface area contributed by atoms with E-state index in [1.54, 1.807) is 0 Å². The van der Waals surface area contributed by atoms with E-state index in [0.29, 0.717) is 0 Å². The summed E-state index contributed by atoms with van der Waals surface area (Å²) < 4.78 is 0. The zero-order valence-corrected chi connectivity index (χ0v) is 5.36. The number of halogens is 1. The van der Waals surface area contributed by atoms with Crippen LogP contribution in [0.5, 0.6) is 0 Å². The molecule has 4 heteroatoms. The quantitative estimate of drug-likeness (QED) is 0.465. The Labute approximate surface area is 87.3 Å². The number of hydrogen-bond donors (Lipinski definition) is 0. The molecule has 0 unspecified atom stereocenters. The minimum absolute atomic E-state index is 0. The molecule has 0 radical (unpaired) electrons. The molecule has 22 valence electrons. The maximum absolute atomic E-state index is 0. The molecule has 0 bridgehead atoms. The van der Waals surface area contributed by atoms with Crippen molar-refractivity contribution in [3.63, 3.8) is 0 Å². The zero-order chi connectivity index (χ0) is 0. The van der Waals surface area contributed by atoms with Gasteiger partial charge in [-0.05, 0) is 0 Å². The van der Waals surface area contributed by atoms with Gasteiger partial charge in [-0.2, -0.15) is 0 Å². The normalized spacial score (nSPS) is 0. The second-order valence-corrected chi connectivity index (χ2v) is 0. The van der Waals surface area contributed by atoms with Gasteiger partial charge in [-0.15, -0.1) is 12.4 Å². The summed E-state index contributed by atoms with van der Waals surface area (Å²) in [4.78, 5) is 0. The van der Waals surface area contributed by atoms with E-state index in [1.807, 2.05) is 0 Å². The Morgan fingerprint density at radius 3 is 1.00 bits per heavy atom. The van der Waals surface area contributed by atoms with Gasteiger partial charge in [-0.25, -0.2) is 0 Å². The molecule has 0 heterocycles. The molecule has 0 atom stereocenters. The first kappa shape index (κ1) is 30.4. The SMILES string of the molecule is Cl.O.[Ce].[NaH]. The van der Waals surface area contributed by atoms with E-state index in [2.05, 4.69) is 0 Å². The average Bonchev–Trinajstić information content (AvgIpc) is 0. The molecule has 0 fully saturated rings. The van der Waals surface area contributed by atoms with E-state index in [-0.39, 0.29) is 89.2 Å². The summed E-state index contributed by atoms with van der Waals surface area (Å²) in [6, 6.07) is 0. The van der Waals surface area contributed by atoms with Crippen molar-refractivity contribution in [1.82, 2.24) is 0 Å². The fourth-order valence-electron chi connectivity index (χ4n) is 0. The van der Waals surface area contributed by atoms with E-state index >= 15 is 0 Å². The van der Waals surface area contributed by atoms with Gasteiger partial charge in [0.05, 0.1) is 0 Å². The second kappa shape index (κ2) is 17.5. The summed E-state index contributed by atoms with van der Waals surface area (Å²) in [5.74, 6) is 0. The summed E-state index contributed by atoms with van der Waals surface area (Å²) in [5, 5.41) is 0. The van der Waals surface area contributed by atoms with Gasteiger partial charge in [0.15, 0.2) is 0 Å². The summed E-state index contributed by atoms with van der Waals surface area (Å²) >= 11 is 0. The Kier molecular flexibility index (Phi) is 133. The van der Waals surface area contributed by atoms with Crippen molar-refractivity contribution < 1.29 is 47.2 Å². The van der Waals surface area contributed by atoms with Gasteiger partial charge in [0.1, 0.15) is 0 Å². The van der Waals surface area contributed by atoms with Gasteiger partial charge in [0.2, 0.25) is 0 Å². The molecule has 2 N–H and O–H groups in total. The van der Waals surface area contributed by atoms with Crippen LogP contribution >= 0.6 is 12.4 Å². The van der Waals surface area contributed by atoms with E-state index in [9.17, 15) is 0 Å². The van der Waals surface area contributed by atoms with Crippen LogP contribution in [0.3, 0.4) is 0 Å². The fraction of sp³-hybridized carbons (Fsp3) is 0. The first-order valence-electron chi connectivity index (χ1n) is 0. The van der Waals surface area contributed by atoms with Crippen LogP contribution in [0.4, 0.5) is 0 Å². The molecular formula is H4CeClNaO. The molecule has 0 aromatic rings. The van der Waals surface area contributed by atoms with E-state index in [0.717, 1.165) is 0 Å². The molecule has 1 nitrogen and oxygen atoms in total. The molecule has 0 aromatic heterocycles. The van der Waals surface area contributed by atoms with Crippen molar-refractivity contribution in [3.05, 3.63) is 0 Å². The predicted molar refractivity (Wildman–Crippen MR) is 18.0 cm³/mol. The molecule has 0 aliphatic carbocycles. The monoisotopic (exact) mass is 218 g/mol. The van der Waals surface area contributed by atoms with Crippen molar-refractivity contribution in [2.24, 2.45) is 0 Å². The molecule has 0 aliphatic rings. The van der Waals surface area contributed by atoms with Crippen molar-refractivity contribution in [1.29, 1.82) is 0 Å². The molecule has 0 rings (SSSR count). The van der Waals surface area contributed by atoms with Crippen LogP contribution < -0.4 is 0 Å². The topological polar surface area (TPSA) is 31.5 Å². The van der Waals surface area contributed by atoms with Crippen LogP contribution in [-0.4, -0.2) is 35.0 Å². The molecule has 0 saturated heterocycles. The summed E-state index contributed by atoms with van der Waals surface area (Å²) in [5.41, 5.74) is 0. The minimum atomic E-state index is 0. The maximum atomic E-state index is 0. The summed E-state index contributed by atoms with van der Waals surface area (Å²) in [6.07, 6.45) is 0. The number of rotatable bonds is 0. The summed E-state index contributed by atoms with van der Waals surface area (Å²) in [6.45, 7) is 0. The van der Waals surface area contributed by atoms with Crippen molar-refractivity contribution in [2.75, 3.05) is 0 Å². The first-order valence-corrected chi connectivity index (χ1v) is 0. The third-order valence-corrected chi connectivity index (χ3v) is 0. The van der Waals surface area contributed by atoms with Gasteiger partial charge in [-0.3, -0.25) is 0 Å². The van der Waals surface area contributed by atoms with Crippen LogP contribution in [0.1, 0.15) is 0 Å². The molecule has 0 aliphatic heterocycles. The van der Waals surface area contributed by atoms with Crippen LogP contribution in [0.25, 0.3) is 0 Å². The zero-order valence-electron chi connectivity index (χ0n) is 1.41. The molecule has 0 aromatic carbocycles. The predicted octanol–water partition coefficient (Wildman–Crippen LogP) is -1.05. The van der Waals surface area contributed by atoms with Crippen molar-refractivity contribution in [2.45, 2.75) is 0 Å². The van der Waals surface area contributed by atoms with Crippen molar-refractivity contribution in [3.8, 4) is 0 Å². The third kappa shape index (κ3) is 8.82. The molecule has 4 heavy (non-hydrogen) atoms. The second-order valence-electron chi connectivity index (χ2n) is 0. The van der Waals surface area contributed by atoms with Gasteiger partial charge in [0, 0.05) is 41.7 Å². The van der Waals surface area contributed by atoms with E-state index in [1.165, 1.54) is 0 Å². The van der Waals surface area contributed by atoms with Crippen molar-refractivity contribution >= 4 is 42.0 Å². The van der Waals surface area contributed by atoms with Gasteiger partial charge in [-0.1, -0.05) is 0 Å². The van der Waals surface area contributed by atoms with E-state index < -0.39 is 0 Å². The number of hydrogen-bond acceptors (Lipinski definition) is 0. The fourth-order valence-corrected chi connectivity index (χ4v) is 0. The Balaban J connectivity index is 0. The standard InChI is InChI=1S/Ce.ClH.Na.H2O.H/h;1H;;1H2;. The molecule has 0 amide bonds. The average molecular weight is 219 g/mol. The van der Waals surface area contributed by atoms with Crippen LogP contribution in [0.15, 0.2) is 0 Å². The van der Waals surface area contributed by atoms with Crippen LogP contribution in [-0.2, 0) is 0 Å². The van der Waals surface area contributed by atoms with E-state index in [4.69, 9.17) is 0 Å². The van der Waals surface area contributed by atoms with Gasteiger partial charge >= 0.3 is 29.6 Å². The Morgan fingerprint density at radius 1 is 1.00 bits per heavy atom. The third-order valence-electron chi connectivity index (χ3n) is 0. The first-order chi connectivity index (χ1) is 0. The Hall–Kier alpha value is 2.63. The van der Waals surface area contributed by atoms with Crippen LogP contribution in [0, 0.1) is 41.7 Å². The van der Waals surface area contributed by atoms with Gasteiger partial charge < -0.3 is 5.48 Å².